The molecule has 5 heteroatoms. The first-order chi connectivity index (χ1) is 9.65. The zero-order valence-electron chi connectivity index (χ0n) is 11.5. The van der Waals surface area contributed by atoms with E-state index in [1.807, 2.05) is 18.2 Å². The van der Waals surface area contributed by atoms with Gasteiger partial charge in [0, 0.05) is 12.6 Å². The Morgan fingerprint density at radius 1 is 1.35 bits per heavy atom. The third kappa shape index (κ3) is 4.28. The lowest BCUT2D eigenvalue weighted by Gasteiger charge is -2.18. The molecule has 0 saturated carbocycles. The summed E-state index contributed by atoms with van der Waals surface area (Å²) >= 11 is 0. The van der Waals surface area contributed by atoms with Gasteiger partial charge < -0.3 is 19.9 Å². The van der Waals surface area contributed by atoms with E-state index in [1.54, 1.807) is 6.92 Å². The van der Waals surface area contributed by atoms with Gasteiger partial charge in [0.05, 0.1) is 0 Å². The van der Waals surface area contributed by atoms with Crippen molar-refractivity contribution in [2.24, 2.45) is 0 Å². The van der Waals surface area contributed by atoms with Crippen molar-refractivity contribution < 1.29 is 19.4 Å². The van der Waals surface area contributed by atoms with Crippen LogP contribution < -0.4 is 14.8 Å². The average molecular weight is 277 g/mol. The molecule has 1 aromatic carbocycles. The molecule has 0 atom stereocenters. The molecule has 0 amide bonds. The Kier molecular flexibility index (Phi) is 5.01. The van der Waals surface area contributed by atoms with Crippen LogP contribution >= 0.6 is 0 Å². The van der Waals surface area contributed by atoms with Gasteiger partial charge in [-0.05, 0) is 37.6 Å². The third-order valence-electron chi connectivity index (χ3n) is 2.97. The zero-order valence-corrected chi connectivity index (χ0v) is 11.5. The lowest BCUT2D eigenvalue weighted by atomic mass is 10.1. The molecule has 0 radical (unpaired) electrons. The summed E-state index contributed by atoms with van der Waals surface area (Å²) in [7, 11) is 0. The Labute approximate surface area is 118 Å². The number of benzene rings is 1. The van der Waals surface area contributed by atoms with E-state index in [4.69, 9.17) is 14.6 Å². The van der Waals surface area contributed by atoms with E-state index in [0.717, 1.165) is 30.0 Å². The minimum Gasteiger partial charge on any atom is -0.486 e. The predicted octanol–water partition coefficient (Wildman–Crippen LogP) is 1.62. The second-order valence-electron chi connectivity index (χ2n) is 4.73. The highest BCUT2D eigenvalue weighted by molar-refractivity contribution is 5.80. The summed E-state index contributed by atoms with van der Waals surface area (Å²) in [6, 6.07) is 5.95. The van der Waals surface area contributed by atoms with Crippen LogP contribution in [0.3, 0.4) is 0 Å². The Hall–Kier alpha value is -2.01. The molecule has 0 unspecified atom stereocenters. The summed E-state index contributed by atoms with van der Waals surface area (Å²) in [6.07, 6.45) is 2.08. The number of aliphatic carboxylic acids is 1. The van der Waals surface area contributed by atoms with E-state index in [0.29, 0.717) is 19.8 Å². The highest BCUT2D eigenvalue weighted by atomic mass is 16.6. The van der Waals surface area contributed by atoms with Crippen molar-refractivity contribution >= 4 is 5.97 Å². The molecule has 1 aliphatic rings. The number of ether oxygens (including phenoxy) is 2. The minimum atomic E-state index is -0.906. The number of carbonyl (C=O) groups is 1. The molecule has 0 bridgehead atoms. The maximum atomic E-state index is 10.5. The molecule has 5 nitrogen and oxygen atoms in total. The Bertz CT molecular complexity index is 511. The summed E-state index contributed by atoms with van der Waals surface area (Å²) in [5.74, 6) is 0.694. The monoisotopic (exact) mass is 277 g/mol. The largest absolute Gasteiger partial charge is 0.486 e. The lowest BCUT2D eigenvalue weighted by Crippen LogP contribution is -2.20. The number of hydrogen-bond acceptors (Lipinski definition) is 4. The average Bonchev–Trinajstić information content (AvgIpc) is 2.43. The first kappa shape index (κ1) is 14.4. The van der Waals surface area contributed by atoms with Crippen LogP contribution in [0.4, 0.5) is 0 Å². The summed E-state index contributed by atoms with van der Waals surface area (Å²) in [5.41, 5.74) is 1.97. The maximum absolute atomic E-state index is 10.5. The Morgan fingerprint density at radius 2 is 2.10 bits per heavy atom. The molecule has 108 valence electrons. The quantitative estimate of drug-likeness (QED) is 0.611. The molecular weight excluding hydrogens is 258 g/mol. The Balaban J connectivity index is 1.78. The predicted molar refractivity (Wildman–Crippen MR) is 75.4 cm³/mol. The highest BCUT2D eigenvalue weighted by Gasteiger charge is 2.11. The smallest absolute Gasteiger partial charge is 0.328 e. The van der Waals surface area contributed by atoms with Crippen molar-refractivity contribution in [2.45, 2.75) is 13.3 Å². The molecular formula is C15H19NO4. The molecule has 0 fully saturated rings. The minimum absolute atomic E-state index is 0.580. The van der Waals surface area contributed by atoms with E-state index < -0.39 is 5.97 Å². The van der Waals surface area contributed by atoms with E-state index in [9.17, 15) is 4.79 Å². The van der Waals surface area contributed by atoms with E-state index >= 15 is 0 Å². The topological polar surface area (TPSA) is 67.8 Å². The molecule has 2 rings (SSSR count). The fourth-order valence-electron chi connectivity index (χ4n) is 2.02. The van der Waals surface area contributed by atoms with Crippen LogP contribution in [0.15, 0.2) is 29.8 Å². The molecule has 0 spiro atoms. The van der Waals surface area contributed by atoms with Gasteiger partial charge >= 0.3 is 5.97 Å². The van der Waals surface area contributed by atoms with Crippen molar-refractivity contribution in [3.8, 4) is 11.5 Å². The van der Waals surface area contributed by atoms with Gasteiger partial charge in [-0.1, -0.05) is 11.6 Å². The Morgan fingerprint density at radius 3 is 2.85 bits per heavy atom. The summed E-state index contributed by atoms with van der Waals surface area (Å²) in [6.45, 7) is 4.35. The summed E-state index contributed by atoms with van der Waals surface area (Å²) < 4.78 is 11.0. The number of rotatable bonds is 6. The molecule has 20 heavy (non-hydrogen) atoms. The molecule has 1 heterocycles. The number of nitrogens with one attached hydrogen (secondary N) is 1. The molecule has 0 aliphatic carbocycles. The van der Waals surface area contributed by atoms with Crippen LogP contribution in [0.25, 0.3) is 0 Å². The first-order valence-electron chi connectivity index (χ1n) is 6.64. The van der Waals surface area contributed by atoms with Crippen LogP contribution in [0.5, 0.6) is 11.5 Å². The third-order valence-corrected chi connectivity index (χ3v) is 2.97. The fourth-order valence-corrected chi connectivity index (χ4v) is 2.02. The first-order valence-corrected chi connectivity index (χ1v) is 6.64. The van der Waals surface area contributed by atoms with Crippen LogP contribution in [0, 0.1) is 0 Å². The second kappa shape index (κ2) is 6.96. The van der Waals surface area contributed by atoms with Crippen LogP contribution in [0.2, 0.25) is 0 Å². The van der Waals surface area contributed by atoms with Gasteiger partial charge in [-0.25, -0.2) is 4.79 Å². The standard InChI is InChI=1S/C15H19NO4/c1-11(8-15(17)18)10-16-5-4-12-2-3-13-14(9-12)20-7-6-19-13/h2-3,8-9,16H,4-7,10H2,1H3,(H,17,18)/b11-8-. The van der Waals surface area contributed by atoms with Crippen LogP contribution in [0.1, 0.15) is 12.5 Å². The van der Waals surface area contributed by atoms with Gasteiger partial charge in [-0.15, -0.1) is 0 Å². The van der Waals surface area contributed by atoms with Gasteiger partial charge in [0.2, 0.25) is 0 Å². The SMILES string of the molecule is C/C(=C/C(=O)O)CNCCc1ccc2c(c1)OCCO2. The second-order valence-corrected chi connectivity index (χ2v) is 4.73. The summed E-state index contributed by atoms with van der Waals surface area (Å²) in [5, 5.41) is 11.8. The molecule has 0 aromatic heterocycles. The van der Waals surface area contributed by atoms with Gasteiger partial charge in [-0.2, -0.15) is 0 Å². The molecule has 0 saturated heterocycles. The van der Waals surface area contributed by atoms with Gasteiger partial charge in [0.25, 0.3) is 0 Å². The zero-order chi connectivity index (χ0) is 14.4. The lowest BCUT2D eigenvalue weighted by molar-refractivity contribution is -0.131. The van der Waals surface area contributed by atoms with Crippen molar-refractivity contribution in [1.29, 1.82) is 0 Å². The van der Waals surface area contributed by atoms with Crippen LogP contribution in [-0.4, -0.2) is 37.4 Å². The maximum Gasteiger partial charge on any atom is 0.328 e. The van der Waals surface area contributed by atoms with Gasteiger partial charge in [-0.3, -0.25) is 0 Å². The van der Waals surface area contributed by atoms with E-state index in [1.165, 1.54) is 11.6 Å². The fraction of sp³-hybridized carbons (Fsp3) is 0.400. The van der Waals surface area contributed by atoms with Crippen molar-refractivity contribution in [1.82, 2.24) is 5.32 Å². The number of carboxylic acids is 1. The molecule has 2 N–H and O–H groups in total. The van der Waals surface area contributed by atoms with E-state index in [-0.39, 0.29) is 0 Å². The molecule has 1 aromatic rings. The number of carboxylic acid groups (broad SMARTS) is 1. The van der Waals surface area contributed by atoms with E-state index in [2.05, 4.69) is 5.32 Å². The van der Waals surface area contributed by atoms with Crippen molar-refractivity contribution in [2.75, 3.05) is 26.3 Å². The normalized spacial score (nSPS) is 14.2. The van der Waals surface area contributed by atoms with Crippen molar-refractivity contribution in [3.05, 3.63) is 35.4 Å². The van der Waals surface area contributed by atoms with Gasteiger partial charge in [0.15, 0.2) is 11.5 Å². The number of fused-ring (bicyclic) bond motifs is 1. The van der Waals surface area contributed by atoms with Crippen LogP contribution in [-0.2, 0) is 11.2 Å². The van der Waals surface area contributed by atoms with Crippen molar-refractivity contribution in [3.63, 3.8) is 0 Å². The van der Waals surface area contributed by atoms with Gasteiger partial charge in [0.1, 0.15) is 13.2 Å². The summed E-state index contributed by atoms with van der Waals surface area (Å²) in [4.78, 5) is 10.5. The molecule has 1 aliphatic heterocycles. The number of hydrogen-bond donors (Lipinski definition) is 2. The highest BCUT2D eigenvalue weighted by Crippen LogP contribution is 2.30.